The van der Waals surface area contributed by atoms with Gasteiger partial charge in [0.15, 0.2) is 5.78 Å². The average molecular weight is 191 g/mol. The zero-order valence-electron chi connectivity index (χ0n) is 7.81. The first kappa shape index (κ1) is 9.37. The molecule has 3 nitrogen and oxygen atoms in total. The quantitative estimate of drug-likeness (QED) is 0.673. The summed E-state index contributed by atoms with van der Waals surface area (Å²) >= 11 is 0. The molecule has 1 aliphatic rings. The number of aliphatic hydroxyl groups is 1. The minimum absolute atomic E-state index is 0.0714. The Labute approximate surface area is 82.8 Å². The van der Waals surface area contributed by atoms with Crippen LogP contribution in [0, 0.1) is 0 Å². The Morgan fingerprint density at radius 2 is 2.07 bits per heavy atom. The molecule has 0 saturated carbocycles. The highest BCUT2D eigenvalue weighted by molar-refractivity contribution is 6.00. The van der Waals surface area contributed by atoms with Crippen molar-refractivity contribution in [2.24, 2.45) is 0 Å². The van der Waals surface area contributed by atoms with E-state index in [9.17, 15) is 9.90 Å². The van der Waals surface area contributed by atoms with Crippen LogP contribution in [0.2, 0.25) is 0 Å². The Kier molecular flexibility index (Phi) is 2.61. The summed E-state index contributed by atoms with van der Waals surface area (Å²) in [5.41, 5.74) is 0.708. The van der Waals surface area contributed by atoms with Crippen LogP contribution in [0.25, 0.3) is 0 Å². The molecule has 14 heavy (non-hydrogen) atoms. The fourth-order valence-corrected chi connectivity index (χ4v) is 1.72. The minimum atomic E-state index is -0.382. The Balaban J connectivity index is 2.10. The molecule has 2 unspecified atom stereocenters. The van der Waals surface area contributed by atoms with E-state index >= 15 is 0 Å². The zero-order chi connectivity index (χ0) is 9.97. The summed E-state index contributed by atoms with van der Waals surface area (Å²) in [5.74, 6) is 0.0714. The Bertz CT molecular complexity index is 323. The van der Waals surface area contributed by atoms with Gasteiger partial charge in [-0.15, -0.1) is 0 Å². The molecule has 1 fully saturated rings. The maximum atomic E-state index is 11.8. The monoisotopic (exact) mass is 191 g/mol. The molecule has 1 aromatic rings. The molecule has 2 rings (SSSR count). The smallest absolute Gasteiger partial charge is 0.179 e. The number of Topliss-reactive ketones (excluding diaryl/α,β-unsaturated/α-hetero) is 1. The van der Waals surface area contributed by atoms with Crippen LogP contribution in [0.1, 0.15) is 16.8 Å². The van der Waals surface area contributed by atoms with Crippen LogP contribution >= 0.6 is 0 Å². The van der Waals surface area contributed by atoms with Crippen molar-refractivity contribution in [3.05, 3.63) is 35.9 Å². The molecular weight excluding hydrogens is 178 g/mol. The highest BCUT2D eigenvalue weighted by Crippen LogP contribution is 2.12. The number of hydrogen-bond acceptors (Lipinski definition) is 3. The Morgan fingerprint density at radius 3 is 2.64 bits per heavy atom. The molecule has 1 heterocycles. The van der Waals surface area contributed by atoms with Crippen molar-refractivity contribution in [3.8, 4) is 0 Å². The number of ketones is 1. The van der Waals surface area contributed by atoms with E-state index in [0.29, 0.717) is 18.5 Å². The van der Waals surface area contributed by atoms with Crippen LogP contribution < -0.4 is 5.32 Å². The third kappa shape index (κ3) is 1.84. The van der Waals surface area contributed by atoms with Crippen molar-refractivity contribution < 1.29 is 9.90 Å². The van der Waals surface area contributed by atoms with E-state index in [0.717, 1.165) is 0 Å². The number of nitrogens with one attached hydrogen (secondary N) is 1. The molecule has 74 valence electrons. The van der Waals surface area contributed by atoms with Gasteiger partial charge in [-0.1, -0.05) is 30.3 Å². The van der Waals surface area contributed by atoms with Gasteiger partial charge in [-0.05, 0) is 6.42 Å². The van der Waals surface area contributed by atoms with E-state index in [1.807, 2.05) is 18.2 Å². The number of hydrogen-bond donors (Lipinski definition) is 2. The van der Waals surface area contributed by atoms with Gasteiger partial charge in [-0.25, -0.2) is 0 Å². The lowest BCUT2D eigenvalue weighted by Crippen LogP contribution is -2.30. The third-order valence-electron chi connectivity index (χ3n) is 2.48. The molecule has 3 heteroatoms. The third-order valence-corrected chi connectivity index (χ3v) is 2.48. The van der Waals surface area contributed by atoms with Gasteiger partial charge in [0.05, 0.1) is 12.1 Å². The highest BCUT2D eigenvalue weighted by Gasteiger charge is 2.28. The van der Waals surface area contributed by atoms with Gasteiger partial charge in [0.2, 0.25) is 0 Å². The van der Waals surface area contributed by atoms with E-state index in [2.05, 4.69) is 5.32 Å². The van der Waals surface area contributed by atoms with E-state index in [-0.39, 0.29) is 17.9 Å². The van der Waals surface area contributed by atoms with Gasteiger partial charge in [0.1, 0.15) is 0 Å². The molecule has 0 aliphatic carbocycles. The molecule has 1 aliphatic heterocycles. The van der Waals surface area contributed by atoms with Gasteiger partial charge in [-0.3, -0.25) is 4.79 Å². The molecule has 2 N–H and O–H groups in total. The summed E-state index contributed by atoms with van der Waals surface area (Å²) < 4.78 is 0. The van der Waals surface area contributed by atoms with Crippen molar-refractivity contribution in [3.63, 3.8) is 0 Å². The van der Waals surface area contributed by atoms with Crippen LogP contribution in [0.3, 0.4) is 0 Å². The number of benzene rings is 1. The summed E-state index contributed by atoms with van der Waals surface area (Å²) in [6.45, 7) is 0.517. The molecule has 0 radical (unpaired) electrons. The Hall–Kier alpha value is -1.19. The molecule has 1 saturated heterocycles. The molecule has 0 spiro atoms. The minimum Gasteiger partial charge on any atom is -0.392 e. The number of rotatable bonds is 2. The van der Waals surface area contributed by atoms with Crippen molar-refractivity contribution >= 4 is 5.78 Å². The normalized spacial score (nSPS) is 26.4. The molecular formula is C11H13NO2. The SMILES string of the molecule is O=C(c1ccccc1)C1CC(O)CN1. The van der Waals surface area contributed by atoms with E-state index in [1.54, 1.807) is 12.1 Å². The van der Waals surface area contributed by atoms with Crippen LogP contribution in [0.4, 0.5) is 0 Å². The van der Waals surface area contributed by atoms with Gasteiger partial charge in [0, 0.05) is 12.1 Å². The fraction of sp³-hybridized carbons (Fsp3) is 0.364. The van der Waals surface area contributed by atoms with Gasteiger partial charge in [-0.2, -0.15) is 0 Å². The number of aliphatic hydroxyl groups excluding tert-OH is 1. The zero-order valence-corrected chi connectivity index (χ0v) is 7.81. The fourth-order valence-electron chi connectivity index (χ4n) is 1.72. The highest BCUT2D eigenvalue weighted by atomic mass is 16.3. The summed E-state index contributed by atoms with van der Waals surface area (Å²) in [6.07, 6.45) is 0.140. The number of carbonyl (C=O) groups is 1. The maximum Gasteiger partial charge on any atom is 0.179 e. The number of carbonyl (C=O) groups excluding carboxylic acids is 1. The van der Waals surface area contributed by atoms with Crippen molar-refractivity contribution in [1.29, 1.82) is 0 Å². The van der Waals surface area contributed by atoms with Crippen LogP contribution in [-0.4, -0.2) is 29.6 Å². The van der Waals surface area contributed by atoms with Crippen molar-refractivity contribution in [2.75, 3.05) is 6.54 Å². The van der Waals surface area contributed by atoms with Crippen LogP contribution in [0.5, 0.6) is 0 Å². The Morgan fingerprint density at radius 1 is 1.36 bits per heavy atom. The summed E-state index contributed by atoms with van der Waals surface area (Å²) in [6, 6.07) is 8.96. The van der Waals surface area contributed by atoms with Gasteiger partial charge >= 0.3 is 0 Å². The maximum absolute atomic E-state index is 11.8. The predicted octanol–water partition coefficient (Wildman–Crippen LogP) is 0.592. The second-order valence-electron chi connectivity index (χ2n) is 3.58. The second kappa shape index (κ2) is 3.90. The van der Waals surface area contributed by atoms with E-state index in [1.165, 1.54) is 0 Å². The predicted molar refractivity (Wildman–Crippen MR) is 53.2 cm³/mol. The summed E-state index contributed by atoms with van der Waals surface area (Å²) in [7, 11) is 0. The van der Waals surface area contributed by atoms with E-state index in [4.69, 9.17) is 0 Å². The molecule has 1 aromatic carbocycles. The summed E-state index contributed by atoms with van der Waals surface area (Å²) in [5, 5.41) is 12.3. The van der Waals surface area contributed by atoms with Gasteiger partial charge < -0.3 is 10.4 Å². The molecule has 0 bridgehead atoms. The topological polar surface area (TPSA) is 49.3 Å². The lowest BCUT2D eigenvalue weighted by Gasteiger charge is -2.07. The number of β-amino-alcohol motifs (C(OH)–C–C–N with tert-alkyl or cyclic N) is 1. The molecule has 0 amide bonds. The average Bonchev–Trinajstić information content (AvgIpc) is 2.65. The molecule has 0 aromatic heterocycles. The lowest BCUT2D eigenvalue weighted by molar-refractivity contribution is 0.0942. The summed E-state index contributed by atoms with van der Waals surface area (Å²) in [4.78, 5) is 11.8. The van der Waals surface area contributed by atoms with Crippen LogP contribution in [0.15, 0.2) is 30.3 Å². The van der Waals surface area contributed by atoms with Crippen molar-refractivity contribution in [2.45, 2.75) is 18.6 Å². The first-order valence-electron chi connectivity index (χ1n) is 4.78. The lowest BCUT2D eigenvalue weighted by atomic mass is 10.0. The largest absolute Gasteiger partial charge is 0.392 e. The van der Waals surface area contributed by atoms with Gasteiger partial charge in [0.25, 0.3) is 0 Å². The first-order valence-corrected chi connectivity index (χ1v) is 4.78. The first-order chi connectivity index (χ1) is 6.77. The second-order valence-corrected chi connectivity index (χ2v) is 3.58. The van der Waals surface area contributed by atoms with Crippen LogP contribution in [-0.2, 0) is 0 Å². The van der Waals surface area contributed by atoms with E-state index < -0.39 is 0 Å². The van der Waals surface area contributed by atoms with Crippen molar-refractivity contribution in [1.82, 2.24) is 5.32 Å². The molecule has 2 atom stereocenters. The standard InChI is InChI=1S/C11H13NO2/c13-9-6-10(12-7-9)11(14)8-4-2-1-3-5-8/h1-5,9-10,12-13H,6-7H2.